The van der Waals surface area contributed by atoms with E-state index in [2.05, 4.69) is 0 Å². The van der Waals surface area contributed by atoms with Crippen LogP contribution in [-0.4, -0.2) is 6.54 Å². The minimum Gasteiger partial charge on any atom is -0.330 e. The van der Waals surface area contributed by atoms with Crippen LogP contribution >= 0.6 is 0 Å². The maximum absolute atomic E-state index is 5.75. The Morgan fingerprint density at radius 2 is 1.83 bits per heavy atom. The lowest BCUT2D eigenvalue weighted by atomic mass is 9.93. The van der Waals surface area contributed by atoms with Crippen LogP contribution in [0.15, 0.2) is 0 Å². The van der Waals surface area contributed by atoms with Gasteiger partial charge in [-0.05, 0) is 43.6 Å². The summed E-state index contributed by atoms with van der Waals surface area (Å²) in [5.74, 6) is 1.06. The lowest BCUT2D eigenvalue weighted by molar-refractivity contribution is 0.387. The lowest BCUT2D eigenvalue weighted by Crippen LogP contribution is -2.16. The average molecular weight is 167 g/mol. The van der Waals surface area contributed by atoms with Crippen molar-refractivity contribution in [3.63, 3.8) is 0 Å². The van der Waals surface area contributed by atoms with Crippen LogP contribution in [0.25, 0.3) is 0 Å². The highest BCUT2D eigenvalue weighted by molar-refractivity contribution is 4.94. The average Bonchev–Trinajstić information content (AvgIpc) is 2.70. The second kappa shape index (κ2) is 3.37. The molecule has 2 saturated carbocycles. The van der Waals surface area contributed by atoms with Crippen molar-refractivity contribution < 1.29 is 0 Å². The number of rotatable bonds is 4. The molecule has 0 heterocycles. The molecule has 2 aliphatic carbocycles. The van der Waals surface area contributed by atoms with E-state index in [-0.39, 0.29) is 0 Å². The Morgan fingerprint density at radius 3 is 2.33 bits per heavy atom. The molecule has 0 radical (unpaired) electrons. The Bertz CT molecular complexity index is 143. The molecule has 0 saturated heterocycles. The normalized spacial score (nSPS) is 27.8. The van der Waals surface area contributed by atoms with Gasteiger partial charge in [-0.1, -0.05) is 25.7 Å². The molecule has 0 aromatic carbocycles. The van der Waals surface area contributed by atoms with Gasteiger partial charge in [0.05, 0.1) is 0 Å². The first-order valence-corrected chi connectivity index (χ1v) is 5.55. The molecule has 2 aliphatic rings. The van der Waals surface area contributed by atoms with Crippen LogP contribution in [0.1, 0.15) is 51.4 Å². The third-order valence-corrected chi connectivity index (χ3v) is 3.95. The maximum Gasteiger partial charge on any atom is -0.00205 e. The van der Waals surface area contributed by atoms with Crippen LogP contribution in [0.5, 0.6) is 0 Å². The zero-order valence-corrected chi connectivity index (χ0v) is 8.02. The molecular formula is C11H21N. The van der Waals surface area contributed by atoms with E-state index < -0.39 is 0 Å². The number of nitrogens with two attached hydrogens (primary N) is 1. The fraction of sp³-hybridized carbons (Fsp3) is 1.00. The van der Waals surface area contributed by atoms with E-state index in [9.17, 15) is 0 Å². The first kappa shape index (κ1) is 8.55. The fourth-order valence-electron chi connectivity index (χ4n) is 2.54. The lowest BCUT2D eigenvalue weighted by Gasteiger charge is -2.15. The molecule has 1 nitrogen and oxygen atoms in total. The molecule has 2 fully saturated rings. The highest BCUT2D eigenvalue weighted by atomic mass is 14.6. The number of hydrogen-bond donors (Lipinski definition) is 1. The zero-order chi connectivity index (χ0) is 8.44. The molecule has 0 aliphatic heterocycles. The van der Waals surface area contributed by atoms with Crippen LogP contribution in [0.3, 0.4) is 0 Å². The summed E-state index contributed by atoms with van der Waals surface area (Å²) in [5.41, 5.74) is 6.38. The van der Waals surface area contributed by atoms with Gasteiger partial charge in [0.2, 0.25) is 0 Å². The Balaban J connectivity index is 1.67. The van der Waals surface area contributed by atoms with Gasteiger partial charge >= 0.3 is 0 Å². The van der Waals surface area contributed by atoms with Crippen molar-refractivity contribution in [2.75, 3.05) is 6.54 Å². The Hall–Kier alpha value is -0.0400. The monoisotopic (exact) mass is 167 g/mol. The number of hydrogen-bond acceptors (Lipinski definition) is 1. The van der Waals surface area contributed by atoms with Crippen LogP contribution in [0, 0.1) is 11.3 Å². The summed E-state index contributed by atoms with van der Waals surface area (Å²) in [4.78, 5) is 0. The van der Waals surface area contributed by atoms with Crippen molar-refractivity contribution in [2.45, 2.75) is 51.4 Å². The molecular weight excluding hydrogens is 146 g/mol. The fourth-order valence-corrected chi connectivity index (χ4v) is 2.54. The predicted molar refractivity (Wildman–Crippen MR) is 51.9 cm³/mol. The van der Waals surface area contributed by atoms with E-state index in [1.54, 1.807) is 0 Å². The molecule has 0 spiro atoms. The van der Waals surface area contributed by atoms with Crippen LogP contribution in [0.2, 0.25) is 0 Å². The molecule has 12 heavy (non-hydrogen) atoms. The van der Waals surface area contributed by atoms with E-state index in [0.717, 1.165) is 12.5 Å². The van der Waals surface area contributed by atoms with Crippen LogP contribution < -0.4 is 5.73 Å². The van der Waals surface area contributed by atoms with E-state index in [4.69, 9.17) is 5.73 Å². The highest BCUT2D eigenvalue weighted by Crippen LogP contribution is 2.50. The Morgan fingerprint density at radius 1 is 1.17 bits per heavy atom. The minimum absolute atomic E-state index is 0.628. The quantitative estimate of drug-likeness (QED) is 0.684. The van der Waals surface area contributed by atoms with Crippen LogP contribution in [-0.2, 0) is 0 Å². The molecule has 0 bridgehead atoms. The van der Waals surface area contributed by atoms with Gasteiger partial charge in [0.1, 0.15) is 0 Å². The van der Waals surface area contributed by atoms with Crippen molar-refractivity contribution in [3.8, 4) is 0 Å². The second-order valence-electron chi connectivity index (χ2n) is 4.89. The summed E-state index contributed by atoms with van der Waals surface area (Å²) in [6, 6.07) is 0. The Labute approximate surface area is 75.7 Å². The highest BCUT2D eigenvalue weighted by Gasteiger charge is 2.40. The molecule has 2 N–H and O–H groups in total. The summed E-state index contributed by atoms with van der Waals surface area (Å²) < 4.78 is 0. The molecule has 0 amide bonds. The van der Waals surface area contributed by atoms with Crippen molar-refractivity contribution in [1.82, 2.24) is 0 Å². The largest absolute Gasteiger partial charge is 0.330 e. The summed E-state index contributed by atoms with van der Waals surface area (Å²) in [5, 5.41) is 0. The van der Waals surface area contributed by atoms with Crippen molar-refractivity contribution in [3.05, 3.63) is 0 Å². The topological polar surface area (TPSA) is 26.0 Å². The zero-order valence-electron chi connectivity index (χ0n) is 8.02. The molecule has 0 aromatic heterocycles. The molecule has 70 valence electrons. The van der Waals surface area contributed by atoms with E-state index in [1.165, 1.54) is 51.4 Å². The molecule has 1 heteroatoms. The van der Waals surface area contributed by atoms with Gasteiger partial charge in [0.15, 0.2) is 0 Å². The standard InChI is InChI=1S/C11H21N/c12-9-11(7-8-11)6-5-10-3-1-2-4-10/h10H,1-9,12H2. The third kappa shape index (κ3) is 1.82. The van der Waals surface area contributed by atoms with Gasteiger partial charge < -0.3 is 5.73 Å². The first-order valence-electron chi connectivity index (χ1n) is 5.55. The van der Waals surface area contributed by atoms with Crippen molar-refractivity contribution in [2.24, 2.45) is 17.1 Å². The molecule has 0 aromatic rings. The van der Waals surface area contributed by atoms with E-state index >= 15 is 0 Å². The summed E-state index contributed by atoms with van der Waals surface area (Å²) in [6.07, 6.45) is 11.7. The molecule has 2 rings (SSSR count). The van der Waals surface area contributed by atoms with E-state index in [1.807, 2.05) is 0 Å². The van der Waals surface area contributed by atoms with Gasteiger partial charge in [-0.25, -0.2) is 0 Å². The SMILES string of the molecule is NCC1(CCC2CCCC2)CC1. The summed E-state index contributed by atoms with van der Waals surface area (Å²) >= 11 is 0. The predicted octanol–water partition coefficient (Wildman–Crippen LogP) is 2.70. The summed E-state index contributed by atoms with van der Waals surface area (Å²) in [6.45, 7) is 0.944. The van der Waals surface area contributed by atoms with Crippen molar-refractivity contribution >= 4 is 0 Å². The van der Waals surface area contributed by atoms with Gasteiger partial charge in [-0.3, -0.25) is 0 Å². The van der Waals surface area contributed by atoms with Gasteiger partial charge in [-0.2, -0.15) is 0 Å². The van der Waals surface area contributed by atoms with Crippen molar-refractivity contribution in [1.29, 1.82) is 0 Å². The molecule has 0 unspecified atom stereocenters. The second-order valence-corrected chi connectivity index (χ2v) is 4.89. The van der Waals surface area contributed by atoms with E-state index in [0.29, 0.717) is 5.41 Å². The van der Waals surface area contributed by atoms with Gasteiger partial charge in [0, 0.05) is 0 Å². The third-order valence-electron chi connectivity index (χ3n) is 3.95. The minimum atomic E-state index is 0.628. The maximum atomic E-state index is 5.75. The van der Waals surface area contributed by atoms with Gasteiger partial charge in [0.25, 0.3) is 0 Å². The van der Waals surface area contributed by atoms with Crippen LogP contribution in [0.4, 0.5) is 0 Å². The van der Waals surface area contributed by atoms with Gasteiger partial charge in [-0.15, -0.1) is 0 Å². The smallest absolute Gasteiger partial charge is 0.00205 e. The molecule has 0 atom stereocenters. The Kier molecular flexibility index (Phi) is 2.40. The first-order chi connectivity index (χ1) is 5.85. The summed E-state index contributed by atoms with van der Waals surface area (Å²) in [7, 11) is 0.